The fraction of sp³-hybridized carbons (Fsp3) is 0.0455. The third kappa shape index (κ3) is 4.85. The van der Waals surface area contributed by atoms with Gasteiger partial charge in [0, 0.05) is 24.8 Å². The van der Waals surface area contributed by atoms with Crippen molar-refractivity contribution in [2.24, 2.45) is 0 Å². The van der Waals surface area contributed by atoms with E-state index in [1.54, 1.807) is 0 Å². The summed E-state index contributed by atoms with van der Waals surface area (Å²) in [6.45, 7) is 4.46. The summed E-state index contributed by atoms with van der Waals surface area (Å²) in [7, 11) is 0. The Morgan fingerprint density at radius 2 is 0.739 bits per heavy atom. The van der Waals surface area contributed by atoms with Crippen LogP contribution in [0.2, 0.25) is 0 Å². The van der Waals surface area contributed by atoms with Crippen LogP contribution in [0.1, 0.15) is 11.1 Å². The number of aromatic nitrogens is 2. The van der Waals surface area contributed by atoms with E-state index in [9.17, 15) is 0 Å². The largest absolute Gasteiger partial charge is 0.265 e. The van der Waals surface area contributed by atoms with Crippen LogP contribution in [0.25, 0.3) is 77.2 Å². The second-order valence-electron chi connectivity index (χ2n) is 12.0. The smallest absolute Gasteiger partial charge is 0.0273 e. The van der Waals surface area contributed by atoms with E-state index in [2.05, 4.69) is 157 Å². The first kappa shape index (κ1) is 27.7. The van der Waals surface area contributed by atoms with Gasteiger partial charge in [-0.3, -0.25) is 9.97 Å². The van der Waals surface area contributed by atoms with E-state index in [1.165, 1.54) is 88.3 Å². The van der Waals surface area contributed by atoms with Crippen LogP contribution in [0.4, 0.5) is 0 Å². The van der Waals surface area contributed by atoms with Gasteiger partial charge < -0.3 is 0 Å². The number of hydrogen-bond acceptors (Lipinski definition) is 2. The minimum atomic E-state index is 1.17. The van der Waals surface area contributed by atoms with Gasteiger partial charge in [0.2, 0.25) is 0 Å². The maximum atomic E-state index is 4.22. The van der Waals surface area contributed by atoms with E-state index in [0.29, 0.717) is 0 Å². The second kappa shape index (κ2) is 11.6. The number of pyridine rings is 2. The summed E-state index contributed by atoms with van der Waals surface area (Å²) in [6, 6.07) is 48.6. The van der Waals surface area contributed by atoms with Crippen molar-refractivity contribution in [1.29, 1.82) is 0 Å². The van der Waals surface area contributed by atoms with Gasteiger partial charge in [-0.2, -0.15) is 0 Å². The van der Waals surface area contributed by atoms with Crippen molar-refractivity contribution >= 4 is 21.5 Å². The Balaban J connectivity index is 1.42. The molecule has 0 aliphatic carbocycles. The second-order valence-corrected chi connectivity index (χ2v) is 12.0. The monoisotopic (exact) mass is 588 g/mol. The topological polar surface area (TPSA) is 25.8 Å². The molecule has 0 fully saturated rings. The molecule has 0 N–H and O–H groups in total. The predicted molar refractivity (Wildman–Crippen MR) is 194 cm³/mol. The SMILES string of the molecule is Cc1cc(-c2ccncc2)ccc1-c1c2ccccc2c(-c2ccc(-c3ccncc3)cc2C)c2cc(-c3ccccc3)ccc12. The van der Waals surface area contributed by atoms with E-state index in [1.807, 2.05) is 24.8 Å². The van der Waals surface area contributed by atoms with Gasteiger partial charge in [-0.25, -0.2) is 0 Å². The van der Waals surface area contributed by atoms with E-state index in [0.717, 1.165) is 0 Å². The molecule has 0 aliphatic rings. The molecule has 0 aliphatic heterocycles. The van der Waals surface area contributed by atoms with Crippen molar-refractivity contribution < 1.29 is 0 Å². The maximum Gasteiger partial charge on any atom is 0.0273 e. The number of benzene rings is 6. The van der Waals surface area contributed by atoms with E-state index < -0.39 is 0 Å². The Bertz CT molecular complexity index is 2360. The summed E-state index contributed by atoms with van der Waals surface area (Å²) in [5.74, 6) is 0. The molecule has 8 aromatic rings. The lowest BCUT2D eigenvalue weighted by Crippen LogP contribution is -1.95. The highest BCUT2D eigenvalue weighted by atomic mass is 14.6. The van der Waals surface area contributed by atoms with E-state index in [-0.39, 0.29) is 0 Å². The number of hydrogen-bond donors (Lipinski definition) is 0. The van der Waals surface area contributed by atoms with Crippen molar-refractivity contribution in [1.82, 2.24) is 9.97 Å². The van der Waals surface area contributed by atoms with Gasteiger partial charge in [0.15, 0.2) is 0 Å². The first-order chi connectivity index (χ1) is 22.7. The highest BCUT2D eigenvalue weighted by molar-refractivity contribution is 6.22. The van der Waals surface area contributed by atoms with Crippen LogP contribution in [0, 0.1) is 13.8 Å². The van der Waals surface area contributed by atoms with Gasteiger partial charge >= 0.3 is 0 Å². The molecule has 2 heterocycles. The molecular formula is C44H32N2. The molecular weight excluding hydrogens is 556 g/mol. The van der Waals surface area contributed by atoms with Crippen LogP contribution >= 0.6 is 0 Å². The Hall–Kier alpha value is -5.86. The number of nitrogens with zero attached hydrogens (tertiary/aromatic N) is 2. The van der Waals surface area contributed by atoms with Crippen LogP contribution in [0.5, 0.6) is 0 Å². The molecule has 8 rings (SSSR count). The maximum absolute atomic E-state index is 4.22. The van der Waals surface area contributed by atoms with Gasteiger partial charge in [0.25, 0.3) is 0 Å². The lowest BCUT2D eigenvalue weighted by Gasteiger charge is -2.21. The van der Waals surface area contributed by atoms with E-state index in [4.69, 9.17) is 0 Å². The Kier molecular flexibility index (Phi) is 6.96. The lowest BCUT2D eigenvalue weighted by atomic mass is 9.82. The van der Waals surface area contributed by atoms with Gasteiger partial charge in [-0.05, 0) is 132 Å². The Labute approximate surface area is 269 Å². The first-order valence-corrected chi connectivity index (χ1v) is 15.7. The first-order valence-electron chi connectivity index (χ1n) is 15.7. The molecule has 0 spiro atoms. The molecule has 0 saturated carbocycles. The fourth-order valence-corrected chi connectivity index (χ4v) is 6.91. The highest BCUT2D eigenvalue weighted by Gasteiger charge is 2.20. The van der Waals surface area contributed by atoms with E-state index >= 15 is 0 Å². The molecule has 46 heavy (non-hydrogen) atoms. The molecule has 6 aromatic carbocycles. The summed E-state index contributed by atoms with van der Waals surface area (Å²) >= 11 is 0. The van der Waals surface area contributed by atoms with Crippen molar-refractivity contribution in [3.05, 3.63) is 169 Å². The van der Waals surface area contributed by atoms with Crippen LogP contribution in [-0.2, 0) is 0 Å². The number of rotatable bonds is 5. The van der Waals surface area contributed by atoms with Crippen molar-refractivity contribution in [3.8, 4) is 55.6 Å². The molecule has 0 amide bonds. The molecule has 0 radical (unpaired) electrons. The third-order valence-electron chi connectivity index (χ3n) is 9.15. The van der Waals surface area contributed by atoms with Crippen LogP contribution < -0.4 is 0 Å². The Morgan fingerprint density at radius 3 is 1.26 bits per heavy atom. The standard InChI is InChI=1S/C44H32N2/c1-29-26-34(32-18-22-45-23-19-32)12-15-37(29)43-39-10-6-7-11-40(39)44(38-16-13-35(27-30(38)2)33-20-24-46-25-21-33)42-28-36(14-17-41(42)43)31-8-4-3-5-9-31/h3-28H,1-2H3. The summed E-state index contributed by atoms with van der Waals surface area (Å²) < 4.78 is 0. The van der Waals surface area contributed by atoms with Gasteiger partial charge in [0.1, 0.15) is 0 Å². The number of aryl methyl sites for hydroxylation is 2. The Morgan fingerprint density at radius 1 is 0.326 bits per heavy atom. The van der Waals surface area contributed by atoms with Crippen LogP contribution in [0.15, 0.2) is 158 Å². The fourth-order valence-electron chi connectivity index (χ4n) is 6.91. The van der Waals surface area contributed by atoms with Gasteiger partial charge in [-0.1, -0.05) is 103 Å². The normalized spacial score (nSPS) is 11.3. The summed E-state index contributed by atoms with van der Waals surface area (Å²) in [5, 5.41) is 5.03. The summed E-state index contributed by atoms with van der Waals surface area (Å²) in [4.78, 5) is 8.43. The predicted octanol–water partition coefficient (Wildman–Crippen LogP) is 11.7. The van der Waals surface area contributed by atoms with Crippen LogP contribution in [0.3, 0.4) is 0 Å². The molecule has 0 saturated heterocycles. The van der Waals surface area contributed by atoms with Crippen molar-refractivity contribution in [2.75, 3.05) is 0 Å². The molecule has 2 nitrogen and oxygen atoms in total. The molecule has 0 atom stereocenters. The van der Waals surface area contributed by atoms with Crippen molar-refractivity contribution in [2.45, 2.75) is 13.8 Å². The van der Waals surface area contributed by atoms with Gasteiger partial charge in [0.05, 0.1) is 0 Å². The zero-order chi connectivity index (χ0) is 31.0. The minimum absolute atomic E-state index is 1.17. The molecule has 0 unspecified atom stereocenters. The average molecular weight is 589 g/mol. The number of fused-ring (bicyclic) bond motifs is 2. The van der Waals surface area contributed by atoms with Crippen molar-refractivity contribution in [3.63, 3.8) is 0 Å². The highest BCUT2D eigenvalue weighted by Crippen LogP contribution is 2.46. The molecule has 218 valence electrons. The summed E-state index contributed by atoms with van der Waals surface area (Å²) in [5.41, 5.74) is 14.7. The summed E-state index contributed by atoms with van der Waals surface area (Å²) in [6.07, 6.45) is 7.42. The van der Waals surface area contributed by atoms with Gasteiger partial charge in [-0.15, -0.1) is 0 Å². The average Bonchev–Trinajstić information content (AvgIpc) is 3.12. The molecule has 2 aromatic heterocycles. The molecule has 0 bridgehead atoms. The lowest BCUT2D eigenvalue weighted by molar-refractivity contribution is 1.33. The zero-order valence-electron chi connectivity index (χ0n) is 25.9. The minimum Gasteiger partial charge on any atom is -0.265 e. The van der Waals surface area contributed by atoms with Crippen LogP contribution in [-0.4, -0.2) is 9.97 Å². The molecule has 2 heteroatoms. The zero-order valence-corrected chi connectivity index (χ0v) is 25.9. The third-order valence-corrected chi connectivity index (χ3v) is 9.15. The quantitative estimate of drug-likeness (QED) is 0.187.